The number of carbonyl (C=O) groups is 1. The first-order valence-electron chi connectivity index (χ1n) is 10.7. The molecule has 0 radical (unpaired) electrons. The second-order valence-electron chi connectivity index (χ2n) is 8.22. The lowest BCUT2D eigenvalue weighted by molar-refractivity contribution is 0.0938. The van der Waals surface area contributed by atoms with Gasteiger partial charge in [0.2, 0.25) is 5.76 Å². The normalized spacial score (nSPS) is 14.8. The van der Waals surface area contributed by atoms with Crippen LogP contribution in [0.2, 0.25) is 0 Å². The molecule has 0 saturated heterocycles. The fourth-order valence-electron chi connectivity index (χ4n) is 4.37. The van der Waals surface area contributed by atoms with Crippen LogP contribution in [0.4, 0.5) is 0 Å². The van der Waals surface area contributed by atoms with Gasteiger partial charge < -0.3 is 19.2 Å². The zero-order valence-corrected chi connectivity index (χ0v) is 18.6. The minimum absolute atomic E-state index is 0.0610. The van der Waals surface area contributed by atoms with Gasteiger partial charge in [-0.1, -0.05) is 42.5 Å². The van der Waals surface area contributed by atoms with E-state index in [0.717, 1.165) is 16.7 Å². The minimum atomic E-state index is -0.633. The number of hydrogen-bond donors (Lipinski definition) is 1. The fourth-order valence-corrected chi connectivity index (χ4v) is 4.37. The molecule has 3 aromatic carbocycles. The number of hydrogen-bond acceptors (Lipinski definition) is 5. The smallest absolute Gasteiger partial charge is 0.288 e. The summed E-state index contributed by atoms with van der Waals surface area (Å²) in [4.78, 5) is 26.2. The molecule has 2 heterocycles. The van der Waals surface area contributed by atoms with Gasteiger partial charge in [0, 0.05) is 0 Å². The number of rotatable bonds is 5. The molecule has 1 N–H and O–H groups in total. The van der Waals surface area contributed by atoms with Crippen molar-refractivity contribution in [2.24, 2.45) is 0 Å². The van der Waals surface area contributed by atoms with E-state index in [4.69, 9.17) is 13.9 Å². The number of amides is 1. The lowest BCUT2D eigenvalue weighted by Gasteiger charge is -2.16. The van der Waals surface area contributed by atoms with E-state index < -0.39 is 11.9 Å². The number of fused-ring (bicyclic) bond motifs is 2. The highest BCUT2D eigenvalue weighted by Gasteiger charge is 2.36. The Bertz CT molecular complexity index is 1440. The third-order valence-corrected chi connectivity index (χ3v) is 5.90. The Hall–Kier alpha value is -4.06. The molecule has 1 aliphatic rings. The fraction of sp³-hybridized carbons (Fsp3) is 0.185. The molecule has 1 unspecified atom stereocenters. The molecule has 1 aliphatic heterocycles. The van der Waals surface area contributed by atoms with Gasteiger partial charge in [-0.25, -0.2) is 0 Å². The van der Waals surface area contributed by atoms with Crippen molar-refractivity contribution in [1.82, 2.24) is 5.32 Å². The molecule has 0 bridgehead atoms. The largest absolute Gasteiger partial charge is 0.493 e. The summed E-state index contributed by atoms with van der Waals surface area (Å²) in [5, 5.41) is 3.38. The molecule has 1 atom stereocenters. The third kappa shape index (κ3) is 3.63. The SMILES string of the molecule is COc1cc(C2NC(=O)c3oc4cc(C)cc(C)c4c(=O)c32)ccc1OCc1ccccc1. The van der Waals surface area contributed by atoms with Crippen molar-refractivity contribution in [3.05, 3.63) is 104 Å². The topological polar surface area (TPSA) is 77.8 Å². The first kappa shape index (κ1) is 20.8. The maximum Gasteiger partial charge on any atom is 0.288 e. The van der Waals surface area contributed by atoms with Gasteiger partial charge in [-0.3, -0.25) is 9.59 Å². The molecule has 1 aromatic heterocycles. The van der Waals surface area contributed by atoms with Gasteiger partial charge in [0.05, 0.1) is 24.1 Å². The van der Waals surface area contributed by atoms with Crippen LogP contribution >= 0.6 is 0 Å². The van der Waals surface area contributed by atoms with Crippen LogP contribution in [0.1, 0.15) is 44.4 Å². The lowest BCUT2D eigenvalue weighted by atomic mass is 9.97. The van der Waals surface area contributed by atoms with Crippen LogP contribution < -0.4 is 20.2 Å². The van der Waals surface area contributed by atoms with Crippen molar-refractivity contribution < 1.29 is 18.7 Å². The van der Waals surface area contributed by atoms with Crippen LogP contribution in [0.3, 0.4) is 0 Å². The highest BCUT2D eigenvalue weighted by Crippen LogP contribution is 2.36. The van der Waals surface area contributed by atoms with E-state index in [0.29, 0.717) is 40.2 Å². The number of methoxy groups -OCH3 is 1. The van der Waals surface area contributed by atoms with Gasteiger partial charge in [-0.15, -0.1) is 0 Å². The van der Waals surface area contributed by atoms with E-state index in [1.165, 1.54) is 0 Å². The Morgan fingerprint density at radius 3 is 2.52 bits per heavy atom. The number of benzene rings is 3. The highest BCUT2D eigenvalue weighted by molar-refractivity contribution is 5.99. The highest BCUT2D eigenvalue weighted by atomic mass is 16.5. The maximum absolute atomic E-state index is 13.5. The summed E-state index contributed by atoms with van der Waals surface area (Å²) in [5.41, 5.74) is 4.08. The molecule has 4 aromatic rings. The molecule has 1 amide bonds. The lowest BCUT2D eigenvalue weighted by Crippen LogP contribution is -2.22. The van der Waals surface area contributed by atoms with E-state index in [9.17, 15) is 9.59 Å². The molecule has 0 spiro atoms. The molecule has 0 aliphatic carbocycles. The van der Waals surface area contributed by atoms with Crippen molar-refractivity contribution in [3.63, 3.8) is 0 Å². The molecular formula is C27H23NO5. The minimum Gasteiger partial charge on any atom is -0.493 e. The Balaban J connectivity index is 1.54. The monoisotopic (exact) mass is 441 g/mol. The number of carbonyl (C=O) groups excluding carboxylic acids is 1. The van der Waals surface area contributed by atoms with E-state index in [-0.39, 0.29) is 11.2 Å². The van der Waals surface area contributed by atoms with Gasteiger partial charge in [-0.2, -0.15) is 0 Å². The predicted molar refractivity (Wildman–Crippen MR) is 125 cm³/mol. The van der Waals surface area contributed by atoms with Gasteiger partial charge >= 0.3 is 0 Å². The van der Waals surface area contributed by atoms with Crippen LogP contribution in [-0.2, 0) is 6.61 Å². The second-order valence-corrected chi connectivity index (χ2v) is 8.22. The average Bonchev–Trinajstić information content (AvgIpc) is 3.14. The number of ether oxygens (including phenoxy) is 2. The zero-order valence-electron chi connectivity index (χ0n) is 18.6. The van der Waals surface area contributed by atoms with Gasteiger partial charge in [0.1, 0.15) is 12.2 Å². The summed E-state index contributed by atoms with van der Waals surface area (Å²) in [6.07, 6.45) is 0. The van der Waals surface area contributed by atoms with Gasteiger partial charge in [0.25, 0.3) is 5.91 Å². The summed E-state index contributed by atoms with van der Waals surface area (Å²) in [6.45, 7) is 4.20. The van der Waals surface area contributed by atoms with Crippen LogP contribution in [0.15, 0.2) is 69.9 Å². The quantitative estimate of drug-likeness (QED) is 0.480. The summed E-state index contributed by atoms with van der Waals surface area (Å²) in [7, 11) is 1.56. The van der Waals surface area contributed by atoms with Crippen molar-refractivity contribution >= 4 is 16.9 Å². The van der Waals surface area contributed by atoms with Crippen molar-refractivity contribution in [2.45, 2.75) is 26.5 Å². The Morgan fingerprint density at radius 2 is 1.76 bits per heavy atom. The Morgan fingerprint density at radius 1 is 0.970 bits per heavy atom. The van der Waals surface area contributed by atoms with Crippen molar-refractivity contribution in [1.29, 1.82) is 0 Å². The van der Waals surface area contributed by atoms with Crippen molar-refractivity contribution in [2.75, 3.05) is 7.11 Å². The van der Waals surface area contributed by atoms with Crippen molar-refractivity contribution in [3.8, 4) is 11.5 Å². The zero-order chi connectivity index (χ0) is 23.1. The summed E-state index contributed by atoms with van der Waals surface area (Å²) in [5.74, 6) is 0.747. The molecular weight excluding hydrogens is 418 g/mol. The molecule has 6 heteroatoms. The van der Waals surface area contributed by atoms with Gasteiger partial charge in [0.15, 0.2) is 16.9 Å². The summed E-state index contributed by atoms with van der Waals surface area (Å²) >= 11 is 0. The van der Waals surface area contributed by atoms with E-state index in [1.807, 2.05) is 56.3 Å². The van der Waals surface area contributed by atoms with Crippen LogP contribution in [0.5, 0.6) is 11.5 Å². The maximum atomic E-state index is 13.5. The summed E-state index contributed by atoms with van der Waals surface area (Å²) < 4.78 is 17.4. The molecule has 166 valence electrons. The van der Waals surface area contributed by atoms with Crippen LogP contribution in [0.25, 0.3) is 11.0 Å². The molecule has 6 nitrogen and oxygen atoms in total. The molecule has 33 heavy (non-hydrogen) atoms. The van der Waals surface area contributed by atoms with Crippen LogP contribution in [-0.4, -0.2) is 13.0 Å². The van der Waals surface area contributed by atoms with E-state index in [1.54, 1.807) is 25.3 Å². The molecule has 0 saturated carbocycles. The Labute approximate surface area is 190 Å². The van der Waals surface area contributed by atoms with E-state index >= 15 is 0 Å². The first-order chi connectivity index (χ1) is 16.0. The standard InChI is InChI=1S/C27H23NO5/c1-15-11-16(2)22-21(12-15)33-26-23(25(22)29)24(28-27(26)30)18-9-10-19(20(13-18)31-3)32-14-17-7-5-4-6-8-17/h4-13,24H,14H2,1-3H3,(H,28,30). The third-order valence-electron chi connectivity index (χ3n) is 5.90. The van der Waals surface area contributed by atoms with Gasteiger partial charge in [-0.05, 0) is 54.3 Å². The predicted octanol–water partition coefficient (Wildman–Crippen LogP) is 4.83. The number of nitrogens with one attached hydrogen (secondary N) is 1. The molecule has 5 rings (SSSR count). The average molecular weight is 441 g/mol. The number of aryl methyl sites for hydroxylation is 2. The van der Waals surface area contributed by atoms with Crippen LogP contribution in [0, 0.1) is 13.8 Å². The second kappa shape index (κ2) is 8.13. The van der Waals surface area contributed by atoms with E-state index in [2.05, 4.69) is 5.32 Å². The first-order valence-corrected chi connectivity index (χ1v) is 10.7. The molecule has 0 fully saturated rings. The summed E-state index contributed by atoms with van der Waals surface area (Å²) in [6, 6.07) is 18.3. The Kier molecular flexibility index (Phi) is 5.13.